The Morgan fingerprint density at radius 1 is 1.47 bits per heavy atom. The zero-order chi connectivity index (χ0) is 12.6. The van der Waals surface area contributed by atoms with Gasteiger partial charge in [0.2, 0.25) is 0 Å². The first kappa shape index (κ1) is 11.3. The summed E-state index contributed by atoms with van der Waals surface area (Å²) in [4.78, 5) is 24.0. The number of carbonyl (C=O) groups excluding carboxylic acids is 1. The molecule has 2 aromatic rings. The Morgan fingerprint density at radius 3 is 2.82 bits per heavy atom. The average molecular weight is 236 g/mol. The molecular weight excluding hydrogens is 224 g/mol. The number of oxazole rings is 1. The van der Waals surface area contributed by atoms with E-state index in [0.717, 1.165) is 0 Å². The van der Waals surface area contributed by atoms with Crippen molar-refractivity contribution in [3.63, 3.8) is 0 Å². The lowest BCUT2D eigenvalue weighted by Crippen LogP contribution is -2.25. The van der Waals surface area contributed by atoms with Crippen LogP contribution in [0.3, 0.4) is 0 Å². The van der Waals surface area contributed by atoms with E-state index >= 15 is 0 Å². The van der Waals surface area contributed by atoms with E-state index < -0.39 is 11.8 Å². The molecule has 0 aliphatic carbocycles. The molecular formula is C11H12N2O4. The normalized spacial score (nSPS) is 10.5. The molecule has 0 spiro atoms. The fraction of sp³-hybridized carbons (Fsp3) is 0.273. The molecule has 0 saturated heterocycles. The van der Waals surface area contributed by atoms with Gasteiger partial charge in [-0.05, 0) is 18.2 Å². The van der Waals surface area contributed by atoms with Crippen LogP contribution in [0.5, 0.6) is 0 Å². The molecule has 17 heavy (non-hydrogen) atoms. The minimum absolute atomic E-state index is 0.433. The van der Waals surface area contributed by atoms with Crippen molar-refractivity contribution in [3.05, 3.63) is 28.7 Å². The van der Waals surface area contributed by atoms with Gasteiger partial charge in [-0.15, -0.1) is 0 Å². The second-order valence-corrected chi connectivity index (χ2v) is 3.61. The van der Waals surface area contributed by atoms with Gasteiger partial charge in [-0.2, -0.15) is 0 Å². The lowest BCUT2D eigenvalue weighted by Gasteiger charge is -2.15. The average Bonchev–Trinajstić information content (AvgIpc) is 2.63. The summed E-state index contributed by atoms with van der Waals surface area (Å²) in [6.45, 7) is 0. The minimum Gasteiger partial charge on any atom is -0.452 e. The molecule has 0 aliphatic heterocycles. The Kier molecular flexibility index (Phi) is 2.63. The van der Waals surface area contributed by atoms with Gasteiger partial charge < -0.3 is 9.15 Å². The number of carbonyl (C=O) groups is 1. The van der Waals surface area contributed by atoms with Gasteiger partial charge in [0.05, 0.1) is 12.6 Å². The van der Waals surface area contributed by atoms with Crippen molar-refractivity contribution >= 4 is 22.9 Å². The van der Waals surface area contributed by atoms with Crippen LogP contribution in [0.1, 0.15) is 0 Å². The number of aryl methyl sites for hydroxylation is 1. The zero-order valence-electron chi connectivity index (χ0n) is 9.76. The lowest BCUT2D eigenvalue weighted by atomic mass is 10.2. The number of aromatic nitrogens is 1. The fourth-order valence-electron chi connectivity index (χ4n) is 1.57. The molecule has 0 radical (unpaired) electrons. The smallest absolute Gasteiger partial charge is 0.419 e. The maximum absolute atomic E-state index is 11.4. The van der Waals surface area contributed by atoms with E-state index in [1.807, 2.05) is 0 Å². The molecule has 0 fully saturated rings. The van der Waals surface area contributed by atoms with Crippen molar-refractivity contribution in [2.45, 2.75) is 0 Å². The number of anilines is 1. The Labute approximate surface area is 97.0 Å². The van der Waals surface area contributed by atoms with Crippen molar-refractivity contribution in [1.82, 2.24) is 4.57 Å². The number of hydrogen-bond donors (Lipinski definition) is 0. The molecule has 2 rings (SSSR count). The summed E-state index contributed by atoms with van der Waals surface area (Å²) in [6.07, 6.45) is -0.474. The number of fused-ring (bicyclic) bond motifs is 1. The standard InChI is InChI=1S/C11H12N2O4/c1-12(10(14)16-3)7-4-5-9-8(6-7)13(2)11(15)17-9/h4-6H,1-3H3. The summed E-state index contributed by atoms with van der Waals surface area (Å²) in [5, 5.41) is 0. The maximum Gasteiger partial charge on any atom is 0.419 e. The van der Waals surface area contributed by atoms with Gasteiger partial charge in [-0.1, -0.05) is 0 Å². The number of nitrogens with zero attached hydrogens (tertiary/aromatic N) is 2. The maximum atomic E-state index is 11.4. The number of amides is 1. The monoisotopic (exact) mass is 236 g/mol. The second-order valence-electron chi connectivity index (χ2n) is 3.61. The molecule has 0 atom stereocenters. The van der Waals surface area contributed by atoms with Gasteiger partial charge in [-0.25, -0.2) is 9.59 Å². The molecule has 1 aromatic carbocycles. The van der Waals surface area contributed by atoms with Crippen LogP contribution in [0.4, 0.5) is 10.5 Å². The molecule has 6 heteroatoms. The quantitative estimate of drug-likeness (QED) is 0.749. The molecule has 0 saturated carbocycles. The Hall–Kier alpha value is -2.24. The first-order valence-corrected chi connectivity index (χ1v) is 4.96. The summed E-state index contributed by atoms with van der Waals surface area (Å²) in [5.74, 6) is -0.433. The third-order valence-electron chi connectivity index (χ3n) is 2.61. The Balaban J connectivity index is 2.54. The highest BCUT2D eigenvalue weighted by Crippen LogP contribution is 2.20. The summed E-state index contributed by atoms with van der Waals surface area (Å²) < 4.78 is 11.0. The third-order valence-corrected chi connectivity index (χ3v) is 2.61. The first-order chi connectivity index (χ1) is 8.04. The Bertz CT molecular complexity index is 626. The van der Waals surface area contributed by atoms with Gasteiger partial charge in [0.25, 0.3) is 0 Å². The van der Waals surface area contributed by atoms with Gasteiger partial charge in [-0.3, -0.25) is 9.47 Å². The van der Waals surface area contributed by atoms with Gasteiger partial charge in [0.1, 0.15) is 0 Å². The predicted molar refractivity (Wildman–Crippen MR) is 62.3 cm³/mol. The lowest BCUT2D eigenvalue weighted by molar-refractivity contribution is 0.180. The van der Waals surface area contributed by atoms with Gasteiger partial charge in [0, 0.05) is 19.8 Å². The minimum atomic E-state index is -0.474. The summed E-state index contributed by atoms with van der Waals surface area (Å²) in [7, 11) is 4.51. The molecule has 90 valence electrons. The van der Waals surface area contributed by atoms with E-state index in [0.29, 0.717) is 16.8 Å². The molecule has 0 aliphatic rings. The van der Waals surface area contributed by atoms with Crippen LogP contribution in [0.15, 0.2) is 27.4 Å². The summed E-state index contributed by atoms with van der Waals surface area (Å²) in [6, 6.07) is 5.02. The van der Waals surface area contributed by atoms with Crippen molar-refractivity contribution in [2.24, 2.45) is 7.05 Å². The highest BCUT2D eigenvalue weighted by atomic mass is 16.5. The van der Waals surface area contributed by atoms with Crippen LogP contribution in [0, 0.1) is 0 Å². The van der Waals surface area contributed by atoms with E-state index in [1.165, 1.54) is 16.6 Å². The molecule has 0 N–H and O–H groups in total. The number of hydrogen-bond acceptors (Lipinski definition) is 4. The van der Waals surface area contributed by atoms with Crippen LogP contribution >= 0.6 is 0 Å². The van der Waals surface area contributed by atoms with E-state index in [9.17, 15) is 9.59 Å². The molecule has 1 amide bonds. The molecule has 1 heterocycles. The van der Waals surface area contributed by atoms with Crippen LogP contribution in [-0.2, 0) is 11.8 Å². The predicted octanol–water partition coefficient (Wildman–Crippen LogP) is 1.33. The second kappa shape index (κ2) is 3.97. The van der Waals surface area contributed by atoms with Crippen LogP contribution in [-0.4, -0.2) is 24.8 Å². The van der Waals surface area contributed by atoms with E-state index in [-0.39, 0.29) is 0 Å². The number of methoxy groups -OCH3 is 1. The highest BCUT2D eigenvalue weighted by Gasteiger charge is 2.13. The zero-order valence-corrected chi connectivity index (χ0v) is 9.76. The van der Waals surface area contributed by atoms with Crippen molar-refractivity contribution < 1.29 is 13.9 Å². The fourth-order valence-corrected chi connectivity index (χ4v) is 1.57. The summed E-state index contributed by atoms with van der Waals surface area (Å²) >= 11 is 0. The number of ether oxygens (including phenoxy) is 1. The number of benzene rings is 1. The summed E-state index contributed by atoms with van der Waals surface area (Å²) in [5.41, 5.74) is 1.74. The van der Waals surface area contributed by atoms with E-state index in [1.54, 1.807) is 32.3 Å². The molecule has 0 unspecified atom stereocenters. The van der Waals surface area contributed by atoms with Crippen molar-refractivity contribution in [3.8, 4) is 0 Å². The van der Waals surface area contributed by atoms with Crippen molar-refractivity contribution in [1.29, 1.82) is 0 Å². The van der Waals surface area contributed by atoms with Gasteiger partial charge in [0.15, 0.2) is 5.58 Å². The van der Waals surface area contributed by atoms with E-state index in [2.05, 4.69) is 4.74 Å². The Morgan fingerprint density at radius 2 is 2.18 bits per heavy atom. The molecule has 0 bridgehead atoms. The first-order valence-electron chi connectivity index (χ1n) is 4.96. The molecule has 1 aromatic heterocycles. The van der Waals surface area contributed by atoms with Crippen molar-refractivity contribution in [2.75, 3.05) is 19.1 Å². The largest absolute Gasteiger partial charge is 0.452 e. The number of rotatable bonds is 1. The van der Waals surface area contributed by atoms with Crippen LogP contribution < -0.4 is 10.7 Å². The van der Waals surface area contributed by atoms with Gasteiger partial charge >= 0.3 is 11.8 Å². The topological polar surface area (TPSA) is 64.7 Å². The van der Waals surface area contributed by atoms with E-state index in [4.69, 9.17) is 4.42 Å². The van der Waals surface area contributed by atoms with Crippen LogP contribution in [0.25, 0.3) is 11.1 Å². The SMILES string of the molecule is COC(=O)N(C)c1ccc2oc(=O)n(C)c2c1. The van der Waals surface area contributed by atoms with Crippen LogP contribution in [0.2, 0.25) is 0 Å². The molecule has 6 nitrogen and oxygen atoms in total. The third kappa shape index (κ3) is 1.77. The highest BCUT2D eigenvalue weighted by molar-refractivity contribution is 5.90.